The molecule has 2 aromatic rings. The first-order valence-electron chi connectivity index (χ1n) is 9.37. The van der Waals surface area contributed by atoms with Crippen LogP contribution in [0.15, 0.2) is 24.3 Å². The molecular weight excluding hydrogens is 412 g/mol. The highest BCUT2D eigenvalue weighted by Gasteiger charge is 2.29. The molecule has 1 aromatic carbocycles. The Morgan fingerprint density at radius 1 is 1.17 bits per heavy atom. The number of aromatic nitrogens is 1. The van der Waals surface area contributed by atoms with Gasteiger partial charge in [-0.2, -0.15) is 0 Å². The van der Waals surface area contributed by atoms with Crippen molar-refractivity contribution in [1.82, 2.24) is 4.98 Å². The van der Waals surface area contributed by atoms with E-state index >= 15 is 0 Å². The molecule has 0 saturated carbocycles. The zero-order chi connectivity index (χ0) is 22.4. The summed E-state index contributed by atoms with van der Waals surface area (Å²) in [6, 6.07) is 5.70. The van der Waals surface area contributed by atoms with E-state index < -0.39 is 23.0 Å². The van der Waals surface area contributed by atoms with Crippen molar-refractivity contribution < 1.29 is 24.0 Å². The van der Waals surface area contributed by atoms with Crippen LogP contribution in [0.5, 0.6) is 0 Å². The number of ether oxygens (including phenoxy) is 2. The van der Waals surface area contributed by atoms with Crippen LogP contribution in [0.25, 0.3) is 11.1 Å². The number of aryl methyl sites for hydroxylation is 2. The van der Waals surface area contributed by atoms with Crippen LogP contribution in [-0.2, 0) is 9.47 Å². The van der Waals surface area contributed by atoms with Gasteiger partial charge < -0.3 is 9.47 Å². The van der Waals surface area contributed by atoms with Gasteiger partial charge in [0.2, 0.25) is 0 Å². The van der Waals surface area contributed by atoms with E-state index in [1.165, 1.54) is 18.2 Å². The number of halogens is 1. The van der Waals surface area contributed by atoms with Crippen LogP contribution in [0.2, 0.25) is 0 Å². The third kappa shape index (κ3) is 5.33. The number of hydrogen-bond acceptors (Lipinski definition) is 7. The molecule has 0 amide bonds. The van der Waals surface area contributed by atoms with Crippen molar-refractivity contribution in [3.8, 4) is 11.1 Å². The van der Waals surface area contributed by atoms with Crippen molar-refractivity contribution in [2.45, 2.75) is 40.2 Å². The molecule has 0 bridgehead atoms. The minimum Gasteiger partial charge on any atom is -0.462 e. The highest BCUT2D eigenvalue weighted by atomic mass is 35.5. The summed E-state index contributed by atoms with van der Waals surface area (Å²) in [5, 5.41) is 11.3. The average molecular weight is 435 g/mol. The summed E-state index contributed by atoms with van der Waals surface area (Å²) >= 11 is 5.64. The predicted molar refractivity (Wildman–Crippen MR) is 112 cm³/mol. The number of carbonyl (C=O) groups excluding carboxylic acids is 2. The molecule has 0 spiro atoms. The lowest BCUT2D eigenvalue weighted by Gasteiger charge is -2.19. The average Bonchev–Trinajstić information content (AvgIpc) is 2.66. The van der Waals surface area contributed by atoms with Gasteiger partial charge in [-0.05, 0) is 39.7 Å². The maximum absolute atomic E-state index is 12.9. The molecule has 0 aliphatic carbocycles. The van der Waals surface area contributed by atoms with E-state index in [2.05, 4.69) is 4.98 Å². The molecule has 0 fully saturated rings. The molecule has 0 radical (unpaired) electrons. The minimum atomic E-state index is -0.690. The summed E-state index contributed by atoms with van der Waals surface area (Å²) in [6.45, 7) is 6.72. The van der Waals surface area contributed by atoms with Crippen LogP contribution >= 0.6 is 11.6 Å². The van der Waals surface area contributed by atoms with Gasteiger partial charge in [-0.1, -0.05) is 12.1 Å². The van der Waals surface area contributed by atoms with Crippen LogP contribution in [0.3, 0.4) is 0 Å². The number of nitro benzene ring substituents is 1. The smallest absolute Gasteiger partial charge is 0.340 e. The normalized spacial score (nSPS) is 10.7. The lowest BCUT2D eigenvalue weighted by molar-refractivity contribution is -0.384. The van der Waals surface area contributed by atoms with Crippen molar-refractivity contribution >= 4 is 29.2 Å². The van der Waals surface area contributed by atoms with Crippen molar-refractivity contribution in [3.63, 3.8) is 0 Å². The molecular formula is C21H23ClN2O6. The van der Waals surface area contributed by atoms with Crippen LogP contribution in [-0.4, -0.2) is 40.4 Å². The van der Waals surface area contributed by atoms with Gasteiger partial charge in [-0.25, -0.2) is 9.59 Å². The van der Waals surface area contributed by atoms with Crippen LogP contribution in [0.1, 0.15) is 52.4 Å². The number of nitrogens with zero attached hydrogens (tertiary/aromatic N) is 2. The monoisotopic (exact) mass is 434 g/mol. The first-order valence-corrected chi connectivity index (χ1v) is 9.90. The molecule has 160 valence electrons. The molecule has 1 aromatic heterocycles. The number of benzene rings is 1. The minimum absolute atomic E-state index is 0.0615. The van der Waals surface area contributed by atoms with Crippen molar-refractivity contribution in [2.75, 3.05) is 12.5 Å². The van der Waals surface area contributed by atoms with E-state index in [0.29, 0.717) is 29.3 Å². The van der Waals surface area contributed by atoms with Gasteiger partial charge in [0, 0.05) is 23.6 Å². The van der Waals surface area contributed by atoms with E-state index in [9.17, 15) is 19.7 Å². The molecule has 0 saturated heterocycles. The lowest BCUT2D eigenvalue weighted by Crippen LogP contribution is -2.19. The van der Waals surface area contributed by atoms with Gasteiger partial charge in [0.15, 0.2) is 0 Å². The molecule has 0 unspecified atom stereocenters. The van der Waals surface area contributed by atoms with E-state index in [1.807, 2.05) is 0 Å². The number of hydrogen-bond donors (Lipinski definition) is 0. The highest BCUT2D eigenvalue weighted by Crippen LogP contribution is 2.34. The maximum Gasteiger partial charge on any atom is 0.340 e. The fourth-order valence-corrected chi connectivity index (χ4v) is 3.09. The Hall–Kier alpha value is -3.00. The van der Waals surface area contributed by atoms with Crippen LogP contribution in [0, 0.1) is 24.0 Å². The molecule has 9 heteroatoms. The van der Waals surface area contributed by atoms with E-state index in [4.69, 9.17) is 21.1 Å². The largest absolute Gasteiger partial charge is 0.462 e. The van der Waals surface area contributed by atoms with Gasteiger partial charge in [-0.15, -0.1) is 11.6 Å². The molecule has 0 atom stereocenters. The van der Waals surface area contributed by atoms with Gasteiger partial charge in [0.1, 0.15) is 0 Å². The Balaban J connectivity index is 2.78. The standard InChI is InChI=1S/C21H23ClN2O6/c1-12(2)30-21(26)18-14(4)23-13(3)17(20(25)29-10-6-9-22)19(18)15-7-5-8-16(11-15)24(27)28/h5,7-8,11-12H,6,9-10H2,1-4H3. The first kappa shape index (κ1) is 23.3. The number of nitro groups is 1. The van der Waals surface area contributed by atoms with Crippen molar-refractivity contribution in [3.05, 3.63) is 56.9 Å². The second-order valence-electron chi connectivity index (χ2n) is 6.85. The zero-order valence-electron chi connectivity index (χ0n) is 17.2. The number of rotatable bonds is 8. The summed E-state index contributed by atoms with van der Waals surface area (Å²) in [6.07, 6.45) is 0.0512. The van der Waals surface area contributed by atoms with Crippen LogP contribution < -0.4 is 0 Å². The van der Waals surface area contributed by atoms with Crippen molar-refractivity contribution in [1.29, 1.82) is 0 Å². The zero-order valence-corrected chi connectivity index (χ0v) is 18.0. The number of carbonyl (C=O) groups is 2. The summed E-state index contributed by atoms with van der Waals surface area (Å²) < 4.78 is 10.6. The summed E-state index contributed by atoms with van der Waals surface area (Å²) in [7, 11) is 0. The number of alkyl halides is 1. The second-order valence-corrected chi connectivity index (χ2v) is 7.23. The number of esters is 2. The molecule has 30 heavy (non-hydrogen) atoms. The number of non-ortho nitro benzene ring substituents is 1. The Morgan fingerprint density at radius 2 is 1.80 bits per heavy atom. The molecule has 2 rings (SSSR count). The van der Waals surface area contributed by atoms with E-state index in [-0.39, 0.29) is 29.0 Å². The van der Waals surface area contributed by atoms with E-state index in [0.717, 1.165) is 0 Å². The quantitative estimate of drug-likeness (QED) is 0.196. The first-order chi connectivity index (χ1) is 14.2. The van der Waals surface area contributed by atoms with E-state index in [1.54, 1.807) is 33.8 Å². The van der Waals surface area contributed by atoms with Gasteiger partial charge >= 0.3 is 11.9 Å². The highest BCUT2D eigenvalue weighted by molar-refractivity contribution is 6.17. The second kappa shape index (κ2) is 10.2. The predicted octanol–water partition coefficient (Wildman–Crippen LogP) is 4.62. The van der Waals surface area contributed by atoms with Gasteiger partial charge in [-0.3, -0.25) is 15.1 Å². The number of pyridine rings is 1. The van der Waals surface area contributed by atoms with Gasteiger partial charge in [0.25, 0.3) is 5.69 Å². The molecule has 0 aliphatic heterocycles. The third-order valence-corrected chi connectivity index (χ3v) is 4.43. The Labute approximate surface area is 179 Å². The maximum atomic E-state index is 12.9. The Kier molecular flexibility index (Phi) is 7.88. The fourth-order valence-electron chi connectivity index (χ4n) is 2.98. The topological polar surface area (TPSA) is 109 Å². The molecule has 0 aliphatic rings. The SMILES string of the molecule is Cc1nc(C)c(C(=O)OC(C)C)c(-c2cccc([N+](=O)[O-])c2)c1C(=O)OCCCCl. The lowest BCUT2D eigenvalue weighted by atomic mass is 9.92. The molecule has 0 N–H and O–H groups in total. The van der Waals surface area contributed by atoms with Gasteiger partial charge in [0.05, 0.1) is 40.1 Å². The summed E-state index contributed by atoms with van der Waals surface area (Å²) in [5.41, 5.74) is 1.15. The molecule has 8 nitrogen and oxygen atoms in total. The van der Waals surface area contributed by atoms with Crippen LogP contribution in [0.4, 0.5) is 5.69 Å². The summed E-state index contributed by atoms with van der Waals surface area (Å²) in [5.74, 6) is -1.04. The summed E-state index contributed by atoms with van der Waals surface area (Å²) in [4.78, 5) is 40.8. The Morgan fingerprint density at radius 3 is 2.37 bits per heavy atom. The fraction of sp³-hybridized carbons (Fsp3) is 0.381. The Bertz CT molecular complexity index is 974. The molecule has 1 heterocycles. The third-order valence-electron chi connectivity index (χ3n) is 4.17. The van der Waals surface area contributed by atoms with Crippen molar-refractivity contribution in [2.24, 2.45) is 0 Å².